The van der Waals surface area contributed by atoms with E-state index in [1.165, 1.54) is 0 Å². The zero-order valence-corrected chi connectivity index (χ0v) is 13.8. The number of anilines is 2. The summed E-state index contributed by atoms with van der Waals surface area (Å²) in [5, 5.41) is 0. The molecule has 2 saturated heterocycles. The summed E-state index contributed by atoms with van der Waals surface area (Å²) in [7, 11) is -1.37. The normalized spacial score (nSPS) is 21.4. The topological polar surface area (TPSA) is 69.9 Å². The van der Waals surface area contributed by atoms with E-state index in [-0.39, 0.29) is 0 Å². The predicted octanol–water partition coefficient (Wildman–Crippen LogP) is 0.805. The second kappa shape index (κ2) is 6.06. The van der Waals surface area contributed by atoms with Crippen molar-refractivity contribution in [2.75, 3.05) is 56.9 Å². The summed E-state index contributed by atoms with van der Waals surface area (Å²) in [4.78, 5) is 4.77. The predicted molar refractivity (Wildman–Crippen MR) is 88.6 cm³/mol. The Kier molecular flexibility index (Phi) is 4.29. The van der Waals surface area contributed by atoms with Gasteiger partial charge in [-0.15, -0.1) is 0 Å². The van der Waals surface area contributed by atoms with Gasteiger partial charge in [-0.2, -0.15) is 4.31 Å². The first-order chi connectivity index (χ1) is 10.5. The molecule has 0 atom stereocenters. The Bertz CT molecular complexity index is 633. The Balaban J connectivity index is 1.97. The van der Waals surface area contributed by atoms with Gasteiger partial charge in [0.05, 0.1) is 5.69 Å². The van der Waals surface area contributed by atoms with Crippen LogP contribution in [-0.4, -0.2) is 63.9 Å². The zero-order valence-electron chi connectivity index (χ0n) is 13.0. The average Bonchev–Trinajstić information content (AvgIpc) is 3.03. The SMILES string of the molecule is CN1CCN(c2ccc(N)cc2S(=O)(=O)N2CCCC2)CC1. The summed E-state index contributed by atoms with van der Waals surface area (Å²) < 4.78 is 27.5. The summed E-state index contributed by atoms with van der Waals surface area (Å²) in [6, 6.07) is 5.25. The maximum absolute atomic E-state index is 12.9. The van der Waals surface area contributed by atoms with Crippen molar-refractivity contribution in [1.29, 1.82) is 0 Å². The van der Waals surface area contributed by atoms with Crippen molar-refractivity contribution in [3.63, 3.8) is 0 Å². The number of nitrogens with zero attached hydrogens (tertiary/aromatic N) is 3. The Morgan fingerprint density at radius 1 is 1.00 bits per heavy atom. The number of rotatable bonds is 3. The molecule has 0 spiro atoms. The van der Waals surface area contributed by atoms with Crippen LogP contribution in [0.3, 0.4) is 0 Å². The summed E-state index contributed by atoms with van der Waals surface area (Å²) in [5.41, 5.74) is 7.15. The highest BCUT2D eigenvalue weighted by Gasteiger charge is 2.31. The van der Waals surface area contributed by atoms with Crippen molar-refractivity contribution < 1.29 is 8.42 Å². The minimum atomic E-state index is -3.46. The molecule has 1 aromatic carbocycles. The standard InChI is InChI=1S/C15H24N4O2S/c1-17-8-10-18(11-9-17)14-5-4-13(16)12-15(14)22(20,21)19-6-2-3-7-19/h4-5,12H,2-3,6-11,16H2,1H3. The molecule has 0 bridgehead atoms. The van der Waals surface area contributed by atoms with Gasteiger partial charge in [-0.3, -0.25) is 0 Å². The lowest BCUT2D eigenvalue weighted by atomic mass is 10.2. The lowest BCUT2D eigenvalue weighted by Crippen LogP contribution is -2.45. The van der Waals surface area contributed by atoms with Gasteiger partial charge >= 0.3 is 0 Å². The fraction of sp³-hybridized carbons (Fsp3) is 0.600. The van der Waals surface area contributed by atoms with E-state index in [9.17, 15) is 8.42 Å². The van der Waals surface area contributed by atoms with Crippen LogP contribution < -0.4 is 10.6 Å². The van der Waals surface area contributed by atoms with Crippen molar-refractivity contribution in [1.82, 2.24) is 9.21 Å². The Morgan fingerprint density at radius 3 is 2.27 bits per heavy atom. The molecule has 2 fully saturated rings. The van der Waals surface area contributed by atoms with Crippen molar-refractivity contribution in [3.05, 3.63) is 18.2 Å². The third kappa shape index (κ3) is 2.93. The van der Waals surface area contributed by atoms with Crippen LogP contribution in [0.25, 0.3) is 0 Å². The highest BCUT2D eigenvalue weighted by atomic mass is 32.2. The van der Waals surface area contributed by atoms with Crippen LogP contribution in [0.15, 0.2) is 23.1 Å². The highest BCUT2D eigenvalue weighted by Crippen LogP contribution is 2.32. The highest BCUT2D eigenvalue weighted by molar-refractivity contribution is 7.89. The molecule has 22 heavy (non-hydrogen) atoms. The van der Waals surface area contributed by atoms with Gasteiger partial charge in [-0.1, -0.05) is 0 Å². The quantitative estimate of drug-likeness (QED) is 0.833. The third-order valence-corrected chi connectivity index (χ3v) is 6.44. The first-order valence-corrected chi connectivity index (χ1v) is 9.25. The number of nitrogen functional groups attached to an aromatic ring is 1. The van der Waals surface area contributed by atoms with E-state index >= 15 is 0 Å². The van der Waals surface area contributed by atoms with E-state index in [1.807, 2.05) is 6.07 Å². The molecular weight excluding hydrogens is 300 g/mol. The van der Waals surface area contributed by atoms with E-state index < -0.39 is 10.0 Å². The summed E-state index contributed by atoms with van der Waals surface area (Å²) in [6.45, 7) is 4.77. The van der Waals surface area contributed by atoms with Crippen molar-refractivity contribution in [2.45, 2.75) is 17.7 Å². The van der Waals surface area contributed by atoms with Crippen LogP contribution in [-0.2, 0) is 10.0 Å². The van der Waals surface area contributed by atoms with Gasteiger partial charge in [0.1, 0.15) is 4.90 Å². The van der Waals surface area contributed by atoms with E-state index in [1.54, 1.807) is 16.4 Å². The van der Waals surface area contributed by atoms with Crippen LogP contribution in [0, 0.1) is 0 Å². The molecule has 2 heterocycles. The summed E-state index contributed by atoms with van der Waals surface area (Å²) in [6.07, 6.45) is 1.87. The van der Waals surface area contributed by atoms with Gasteiger partial charge in [0, 0.05) is 45.0 Å². The maximum atomic E-state index is 12.9. The molecule has 1 aromatic rings. The number of benzene rings is 1. The largest absolute Gasteiger partial charge is 0.399 e. The van der Waals surface area contributed by atoms with Gasteiger partial charge in [0.2, 0.25) is 10.0 Å². The third-order valence-electron chi connectivity index (χ3n) is 4.51. The number of nitrogens with two attached hydrogens (primary N) is 1. The van der Waals surface area contributed by atoms with E-state index in [2.05, 4.69) is 16.8 Å². The molecule has 0 aromatic heterocycles. The Hall–Kier alpha value is -1.31. The second-order valence-electron chi connectivity index (χ2n) is 6.13. The molecule has 0 unspecified atom stereocenters. The second-order valence-corrected chi connectivity index (χ2v) is 8.04. The lowest BCUT2D eigenvalue weighted by molar-refractivity contribution is 0.312. The van der Waals surface area contributed by atoms with Crippen LogP contribution in [0.2, 0.25) is 0 Å². The number of likely N-dealkylation sites (N-methyl/N-ethyl adjacent to an activating group) is 1. The van der Waals surface area contributed by atoms with Crippen molar-refractivity contribution in [3.8, 4) is 0 Å². The molecule has 0 saturated carbocycles. The van der Waals surface area contributed by atoms with Crippen LogP contribution >= 0.6 is 0 Å². The molecule has 2 N–H and O–H groups in total. The smallest absolute Gasteiger partial charge is 0.245 e. The van der Waals surface area contributed by atoms with Crippen LogP contribution in [0.5, 0.6) is 0 Å². The Labute approximate surface area is 132 Å². The molecule has 6 nitrogen and oxygen atoms in total. The average molecular weight is 324 g/mol. The minimum absolute atomic E-state index is 0.360. The number of hydrogen-bond donors (Lipinski definition) is 1. The number of sulfonamides is 1. The fourth-order valence-electron chi connectivity index (χ4n) is 3.11. The van der Waals surface area contributed by atoms with Gasteiger partial charge in [0.25, 0.3) is 0 Å². The lowest BCUT2D eigenvalue weighted by Gasteiger charge is -2.35. The number of piperazine rings is 1. The fourth-order valence-corrected chi connectivity index (χ4v) is 4.88. The van der Waals surface area contributed by atoms with Crippen LogP contribution in [0.4, 0.5) is 11.4 Å². The molecule has 3 rings (SSSR count). The maximum Gasteiger partial charge on any atom is 0.245 e. The first-order valence-electron chi connectivity index (χ1n) is 7.81. The van der Waals surface area contributed by atoms with Gasteiger partial charge in [-0.05, 0) is 38.1 Å². The monoisotopic (exact) mass is 324 g/mol. The molecule has 122 valence electrons. The van der Waals surface area contributed by atoms with Crippen molar-refractivity contribution in [2.24, 2.45) is 0 Å². The minimum Gasteiger partial charge on any atom is -0.399 e. The number of hydrogen-bond acceptors (Lipinski definition) is 5. The van der Waals surface area contributed by atoms with Crippen molar-refractivity contribution >= 4 is 21.4 Å². The first kappa shape index (κ1) is 15.6. The molecule has 2 aliphatic heterocycles. The molecular formula is C15H24N4O2S. The zero-order chi connectivity index (χ0) is 15.7. The molecule has 0 radical (unpaired) electrons. The van der Waals surface area contributed by atoms with Crippen LogP contribution in [0.1, 0.15) is 12.8 Å². The summed E-state index contributed by atoms with van der Waals surface area (Å²) in [5.74, 6) is 0. The molecule has 0 aliphatic carbocycles. The van der Waals surface area contributed by atoms with E-state index in [0.29, 0.717) is 23.7 Å². The van der Waals surface area contributed by atoms with E-state index in [4.69, 9.17) is 5.73 Å². The molecule has 2 aliphatic rings. The Morgan fingerprint density at radius 2 is 1.64 bits per heavy atom. The van der Waals surface area contributed by atoms with Gasteiger partial charge in [-0.25, -0.2) is 8.42 Å². The molecule has 7 heteroatoms. The van der Waals surface area contributed by atoms with Gasteiger partial charge < -0.3 is 15.5 Å². The van der Waals surface area contributed by atoms with E-state index in [0.717, 1.165) is 44.7 Å². The van der Waals surface area contributed by atoms with Gasteiger partial charge in [0.15, 0.2) is 0 Å². The molecule has 0 amide bonds. The summed E-state index contributed by atoms with van der Waals surface area (Å²) >= 11 is 0.